The smallest absolute Gasteiger partial charge is 0.342 e. The van der Waals surface area contributed by atoms with E-state index in [0.717, 1.165) is 6.07 Å². The summed E-state index contributed by atoms with van der Waals surface area (Å²) >= 11 is 0. The van der Waals surface area contributed by atoms with Gasteiger partial charge in [-0.3, -0.25) is 14.9 Å². The topological polar surface area (TPSA) is 138 Å². The fraction of sp³-hybridized carbons (Fsp3) is 0.316. The molecule has 1 heterocycles. The van der Waals surface area contributed by atoms with Crippen LogP contribution in [0.25, 0.3) is 0 Å². The molecule has 0 radical (unpaired) electrons. The van der Waals surface area contributed by atoms with Crippen LogP contribution in [0.15, 0.2) is 18.2 Å². The monoisotopic (exact) mass is 404 g/mol. The fourth-order valence-electron chi connectivity index (χ4n) is 2.79. The number of ether oxygens (including phenoxy) is 3. The highest BCUT2D eigenvalue weighted by Crippen LogP contribution is 2.25. The molecule has 0 aliphatic carbocycles. The molecule has 0 aliphatic rings. The van der Waals surface area contributed by atoms with Gasteiger partial charge in [0.15, 0.2) is 6.61 Å². The lowest BCUT2D eigenvalue weighted by Crippen LogP contribution is -2.16. The standard InChI is InChI=1S/C19H20N2O8/c1-5-28-19(24)16-10(2)17(20-11(16)3)14(22)9-29-18(23)13-8-12(21(25)26)6-7-15(13)27-4/h6-8,20H,5,9H2,1-4H3. The van der Waals surface area contributed by atoms with Gasteiger partial charge in [-0.05, 0) is 32.4 Å². The number of nitrogens with one attached hydrogen (secondary N) is 1. The number of aromatic nitrogens is 1. The van der Waals surface area contributed by atoms with E-state index in [4.69, 9.17) is 14.2 Å². The highest BCUT2D eigenvalue weighted by Gasteiger charge is 2.25. The van der Waals surface area contributed by atoms with Crippen LogP contribution in [0.1, 0.15) is 49.4 Å². The molecule has 1 aromatic heterocycles. The van der Waals surface area contributed by atoms with E-state index >= 15 is 0 Å². The van der Waals surface area contributed by atoms with Gasteiger partial charge in [-0.2, -0.15) is 0 Å². The average molecular weight is 404 g/mol. The largest absolute Gasteiger partial charge is 0.496 e. The number of Topliss-reactive ketones (excluding diaryl/α,β-unsaturated/α-hetero) is 1. The van der Waals surface area contributed by atoms with Crippen molar-refractivity contribution in [3.8, 4) is 5.75 Å². The quantitative estimate of drug-likeness (QED) is 0.307. The summed E-state index contributed by atoms with van der Waals surface area (Å²) in [6, 6.07) is 3.46. The van der Waals surface area contributed by atoms with Crippen LogP contribution in [0.3, 0.4) is 0 Å². The molecule has 2 rings (SSSR count). The van der Waals surface area contributed by atoms with E-state index in [1.807, 2.05) is 0 Å². The number of nitro benzene ring substituents is 1. The summed E-state index contributed by atoms with van der Waals surface area (Å²) in [6.07, 6.45) is 0. The molecular weight excluding hydrogens is 384 g/mol. The predicted molar refractivity (Wildman–Crippen MR) is 100 cm³/mol. The van der Waals surface area contributed by atoms with Crippen LogP contribution in [-0.2, 0) is 9.47 Å². The summed E-state index contributed by atoms with van der Waals surface area (Å²) < 4.78 is 15.0. The number of esters is 2. The van der Waals surface area contributed by atoms with Crippen molar-refractivity contribution in [2.45, 2.75) is 20.8 Å². The van der Waals surface area contributed by atoms with Gasteiger partial charge in [-0.25, -0.2) is 9.59 Å². The van der Waals surface area contributed by atoms with Crippen LogP contribution in [0, 0.1) is 24.0 Å². The van der Waals surface area contributed by atoms with Gasteiger partial charge < -0.3 is 19.2 Å². The molecule has 2 aromatic rings. The Kier molecular flexibility index (Phi) is 6.71. The van der Waals surface area contributed by atoms with Crippen molar-refractivity contribution in [3.63, 3.8) is 0 Å². The van der Waals surface area contributed by atoms with Gasteiger partial charge in [-0.1, -0.05) is 0 Å². The van der Waals surface area contributed by atoms with Gasteiger partial charge >= 0.3 is 11.9 Å². The third-order valence-electron chi connectivity index (χ3n) is 4.14. The number of aromatic amines is 1. The second-order valence-corrected chi connectivity index (χ2v) is 5.99. The molecule has 154 valence electrons. The fourth-order valence-corrected chi connectivity index (χ4v) is 2.79. The summed E-state index contributed by atoms with van der Waals surface area (Å²) in [5.41, 5.74) is 0.706. The molecule has 0 bridgehead atoms. The number of hydrogen-bond donors (Lipinski definition) is 1. The second-order valence-electron chi connectivity index (χ2n) is 5.99. The Bertz CT molecular complexity index is 977. The number of carbonyl (C=O) groups excluding carboxylic acids is 3. The normalized spacial score (nSPS) is 10.3. The van der Waals surface area contributed by atoms with Crippen LogP contribution >= 0.6 is 0 Å². The van der Waals surface area contributed by atoms with Crippen LogP contribution < -0.4 is 4.74 Å². The first-order chi connectivity index (χ1) is 13.7. The van der Waals surface area contributed by atoms with E-state index in [2.05, 4.69) is 4.98 Å². The summed E-state index contributed by atoms with van der Waals surface area (Å²) in [4.78, 5) is 49.9. The third kappa shape index (κ3) is 4.60. The third-order valence-corrected chi connectivity index (χ3v) is 4.14. The first-order valence-electron chi connectivity index (χ1n) is 8.60. The summed E-state index contributed by atoms with van der Waals surface area (Å²) in [6.45, 7) is 4.43. The van der Waals surface area contributed by atoms with E-state index in [0.29, 0.717) is 11.3 Å². The van der Waals surface area contributed by atoms with Crippen LogP contribution in [0.4, 0.5) is 5.69 Å². The van der Waals surface area contributed by atoms with Crippen molar-refractivity contribution in [2.75, 3.05) is 20.3 Å². The highest BCUT2D eigenvalue weighted by molar-refractivity contribution is 6.03. The summed E-state index contributed by atoms with van der Waals surface area (Å²) in [5, 5.41) is 10.9. The Labute approximate surface area is 165 Å². The predicted octanol–water partition coefficient (Wildman–Crippen LogP) is 2.76. The van der Waals surface area contributed by atoms with Crippen molar-refractivity contribution in [2.24, 2.45) is 0 Å². The maximum absolute atomic E-state index is 12.5. The molecular formula is C19H20N2O8. The summed E-state index contributed by atoms with van der Waals surface area (Å²) in [7, 11) is 1.30. The number of non-ortho nitro benzene ring substituents is 1. The molecule has 0 amide bonds. The molecule has 10 nitrogen and oxygen atoms in total. The molecule has 0 fully saturated rings. The molecule has 10 heteroatoms. The van der Waals surface area contributed by atoms with Gasteiger partial charge in [0.05, 0.1) is 29.9 Å². The number of H-pyrrole nitrogens is 1. The van der Waals surface area contributed by atoms with Gasteiger partial charge in [0.2, 0.25) is 5.78 Å². The van der Waals surface area contributed by atoms with Crippen LogP contribution in [0.2, 0.25) is 0 Å². The van der Waals surface area contributed by atoms with E-state index in [1.165, 1.54) is 19.2 Å². The van der Waals surface area contributed by atoms with Gasteiger partial charge in [0.25, 0.3) is 5.69 Å². The Morgan fingerprint density at radius 1 is 1.14 bits per heavy atom. The first-order valence-corrected chi connectivity index (χ1v) is 8.60. The molecule has 0 saturated carbocycles. The number of carbonyl (C=O) groups is 3. The van der Waals surface area contributed by atoms with Crippen molar-refractivity contribution >= 4 is 23.4 Å². The van der Waals surface area contributed by atoms with Crippen molar-refractivity contribution in [3.05, 3.63) is 56.4 Å². The number of nitrogens with zero attached hydrogens (tertiary/aromatic N) is 1. The van der Waals surface area contributed by atoms with Gasteiger partial charge in [0, 0.05) is 17.8 Å². The number of ketones is 1. The Morgan fingerprint density at radius 2 is 1.83 bits per heavy atom. The second kappa shape index (κ2) is 9.00. The van der Waals surface area contributed by atoms with Crippen molar-refractivity contribution in [1.82, 2.24) is 4.98 Å². The molecule has 0 spiro atoms. The minimum absolute atomic E-state index is 0.0737. The SMILES string of the molecule is CCOC(=O)c1c(C)[nH]c(C(=O)COC(=O)c2cc([N+](=O)[O-])ccc2OC)c1C. The highest BCUT2D eigenvalue weighted by atomic mass is 16.6. The van der Waals surface area contributed by atoms with Crippen molar-refractivity contribution in [1.29, 1.82) is 0 Å². The molecule has 0 unspecified atom stereocenters. The molecule has 0 atom stereocenters. The van der Waals surface area contributed by atoms with E-state index < -0.39 is 29.3 Å². The minimum Gasteiger partial charge on any atom is -0.496 e. The minimum atomic E-state index is -0.953. The van der Waals surface area contributed by atoms with Gasteiger partial charge in [0.1, 0.15) is 11.3 Å². The zero-order valence-corrected chi connectivity index (χ0v) is 16.4. The van der Waals surface area contributed by atoms with Crippen LogP contribution in [-0.4, -0.2) is 48.0 Å². The Balaban J connectivity index is 2.19. The average Bonchev–Trinajstić information content (AvgIpc) is 2.99. The van der Waals surface area contributed by atoms with Gasteiger partial charge in [-0.15, -0.1) is 0 Å². The molecule has 0 saturated heterocycles. The molecule has 29 heavy (non-hydrogen) atoms. The number of benzene rings is 1. The Morgan fingerprint density at radius 3 is 2.41 bits per heavy atom. The zero-order chi connectivity index (χ0) is 21.7. The number of hydrogen-bond acceptors (Lipinski definition) is 8. The maximum atomic E-state index is 12.5. The van der Waals surface area contributed by atoms with E-state index in [1.54, 1.807) is 20.8 Å². The van der Waals surface area contributed by atoms with Crippen LogP contribution in [0.5, 0.6) is 5.75 Å². The zero-order valence-electron chi connectivity index (χ0n) is 16.4. The number of rotatable bonds is 8. The van der Waals surface area contributed by atoms with Crippen molar-refractivity contribution < 1.29 is 33.5 Å². The lowest BCUT2D eigenvalue weighted by atomic mass is 10.1. The first kappa shape index (κ1) is 21.6. The summed E-state index contributed by atoms with van der Waals surface area (Å²) in [5.74, 6) is -2.01. The molecule has 1 N–H and O–H groups in total. The Hall–Kier alpha value is -3.69. The number of methoxy groups -OCH3 is 1. The molecule has 0 aliphatic heterocycles. The van der Waals surface area contributed by atoms with E-state index in [-0.39, 0.29) is 34.9 Å². The van der Waals surface area contributed by atoms with E-state index in [9.17, 15) is 24.5 Å². The lowest BCUT2D eigenvalue weighted by Gasteiger charge is -2.08. The number of aryl methyl sites for hydroxylation is 1. The molecule has 1 aromatic carbocycles. The number of nitro groups is 1. The maximum Gasteiger partial charge on any atom is 0.342 e. The lowest BCUT2D eigenvalue weighted by molar-refractivity contribution is -0.384.